The summed E-state index contributed by atoms with van der Waals surface area (Å²) in [4.78, 5) is 14.2. The third kappa shape index (κ3) is 4.41. The first-order valence-corrected chi connectivity index (χ1v) is 9.58. The van der Waals surface area contributed by atoms with Gasteiger partial charge in [-0.3, -0.25) is 0 Å². The molecule has 0 N–H and O–H groups in total. The summed E-state index contributed by atoms with van der Waals surface area (Å²) >= 11 is 0. The molecule has 2 heterocycles. The van der Waals surface area contributed by atoms with E-state index < -0.39 is 0 Å². The summed E-state index contributed by atoms with van der Waals surface area (Å²) in [5.74, 6) is 0.378. The topological polar surface area (TPSA) is 48.0 Å². The summed E-state index contributed by atoms with van der Waals surface area (Å²) < 4.78 is 17.7. The highest BCUT2D eigenvalue weighted by molar-refractivity contribution is 6.45. The van der Waals surface area contributed by atoms with Crippen LogP contribution in [0.15, 0.2) is 30.3 Å². The van der Waals surface area contributed by atoms with Crippen LogP contribution in [0.3, 0.4) is 0 Å². The molecule has 6 heteroatoms. The Bertz CT molecular complexity index is 603. The van der Waals surface area contributed by atoms with Gasteiger partial charge in [-0.15, -0.1) is 0 Å². The van der Waals surface area contributed by atoms with E-state index in [1.54, 1.807) is 0 Å². The summed E-state index contributed by atoms with van der Waals surface area (Å²) in [6.45, 7) is 10.1. The normalized spacial score (nSPS) is 24.5. The standard InChI is InChI=1S/C20H30BNO4/c1-19(2)20(3,4)26-21(25-19)13-17-11-8-12-22(14-17)18(23)24-15-16-9-6-5-7-10-16/h5-7,9-10,17H,8,11-15H2,1-4H3. The minimum atomic E-state index is -0.305. The first-order chi connectivity index (χ1) is 12.3. The second kappa shape index (κ2) is 7.61. The van der Waals surface area contributed by atoms with Crippen molar-refractivity contribution in [2.45, 2.75) is 64.7 Å². The summed E-state index contributed by atoms with van der Waals surface area (Å²) in [5, 5.41) is 0. The third-order valence-electron chi connectivity index (χ3n) is 5.81. The summed E-state index contributed by atoms with van der Waals surface area (Å²) in [5.41, 5.74) is 0.396. The van der Waals surface area contributed by atoms with Gasteiger partial charge in [-0.1, -0.05) is 30.3 Å². The molecule has 0 spiro atoms. The van der Waals surface area contributed by atoms with Gasteiger partial charge in [-0.2, -0.15) is 0 Å². The monoisotopic (exact) mass is 359 g/mol. The van der Waals surface area contributed by atoms with Crippen molar-refractivity contribution in [3.05, 3.63) is 35.9 Å². The van der Waals surface area contributed by atoms with Crippen molar-refractivity contribution >= 4 is 13.2 Å². The van der Waals surface area contributed by atoms with Gasteiger partial charge in [-0.05, 0) is 58.3 Å². The molecular weight excluding hydrogens is 329 g/mol. The number of carbonyl (C=O) groups excluding carboxylic acids is 1. The van der Waals surface area contributed by atoms with Crippen LogP contribution in [0.5, 0.6) is 0 Å². The highest BCUT2D eigenvalue weighted by atomic mass is 16.7. The Morgan fingerprint density at radius 1 is 1.19 bits per heavy atom. The fraction of sp³-hybridized carbons (Fsp3) is 0.650. The van der Waals surface area contributed by atoms with Gasteiger partial charge in [0.25, 0.3) is 0 Å². The molecule has 2 fully saturated rings. The molecule has 0 saturated carbocycles. The fourth-order valence-corrected chi connectivity index (χ4v) is 3.57. The van der Waals surface area contributed by atoms with E-state index in [4.69, 9.17) is 14.0 Å². The van der Waals surface area contributed by atoms with E-state index in [1.165, 1.54) is 0 Å². The predicted molar refractivity (Wildman–Crippen MR) is 102 cm³/mol. The lowest BCUT2D eigenvalue weighted by atomic mass is 9.74. The lowest BCUT2D eigenvalue weighted by Gasteiger charge is -2.32. The van der Waals surface area contributed by atoms with Gasteiger partial charge >= 0.3 is 13.2 Å². The number of carbonyl (C=O) groups is 1. The Kier molecular flexibility index (Phi) is 5.63. The first kappa shape index (κ1) is 19.2. The minimum Gasteiger partial charge on any atom is -0.445 e. The number of benzene rings is 1. The van der Waals surface area contributed by atoms with Gasteiger partial charge in [0.2, 0.25) is 0 Å². The number of hydrogen-bond donors (Lipinski definition) is 0. The minimum absolute atomic E-state index is 0.203. The van der Waals surface area contributed by atoms with Crippen molar-refractivity contribution in [2.24, 2.45) is 5.92 Å². The number of rotatable bonds is 4. The van der Waals surface area contributed by atoms with Crippen LogP contribution in [-0.2, 0) is 20.7 Å². The average molecular weight is 359 g/mol. The maximum Gasteiger partial charge on any atom is 0.458 e. The van der Waals surface area contributed by atoms with Gasteiger partial charge in [0, 0.05) is 13.1 Å². The molecular formula is C20H30BNO4. The van der Waals surface area contributed by atoms with Crippen LogP contribution in [0, 0.1) is 5.92 Å². The molecule has 3 rings (SSSR count). The van der Waals surface area contributed by atoms with E-state index in [1.807, 2.05) is 35.2 Å². The van der Waals surface area contributed by atoms with E-state index in [2.05, 4.69) is 27.7 Å². The molecule has 2 aliphatic heterocycles. The molecule has 1 unspecified atom stereocenters. The Hall–Kier alpha value is -1.53. The number of ether oxygens (including phenoxy) is 1. The van der Waals surface area contributed by atoms with Crippen LogP contribution in [0.2, 0.25) is 6.32 Å². The quantitative estimate of drug-likeness (QED) is 0.759. The summed E-state index contributed by atoms with van der Waals surface area (Å²) in [6, 6.07) is 9.78. The van der Waals surface area contributed by atoms with E-state index >= 15 is 0 Å². The number of piperidine rings is 1. The van der Waals surface area contributed by atoms with Crippen molar-refractivity contribution in [3.63, 3.8) is 0 Å². The van der Waals surface area contributed by atoms with Gasteiger partial charge in [0.1, 0.15) is 6.61 Å². The van der Waals surface area contributed by atoms with Crippen LogP contribution >= 0.6 is 0 Å². The molecule has 0 radical (unpaired) electrons. The Morgan fingerprint density at radius 3 is 2.50 bits per heavy atom. The van der Waals surface area contributed by atoms with Crippen molar-refractivity contribution in [3.8, 4) is 0 Å². The van der Waals surface area contributed by atoms with E-state index in [0.29, 0.717) is 19.1 Å². The lowest BCUT2D eigenvalue weighted by Crippen LogP contribution is -2.41. The Morgan fingerprint density at radius 2 is 1.85 bits per heavy atom. The van der Waals surface area contributed by atoms with Crippen LogP contribution in [0.25, 0.3) is 0 Å². The molecule has 2 aliphatic rings. The number of nitrogens with zero attached hydrogens (tertiary/aromatic N) is 1. The van der Waals surface area contributed by atoms with Gasteiger partial charge in [0.15, 0.2) is 0 Å². The molecule has 1 amide bonds. The first-order valence-electron chi connectivity index (χ1n) is 9.58. The van der Waals surface area contributed by atoms with Crippen LogP contribution in [0.1, 0.15) is 46.1 Å². The molecule has 0 aromatic heterocycles. The molecule has 1 aromatic carbocycles. The molecule has 5 nitrogen and oxygen atoms in total. The second-order valence-electron chi connectivity index (χ2n) is 8.42. The van der Waals surface area contributed by atoms with E-state index in [0.717, 1.165) is 31.3 Å². The zero-order chi connectivity index (χ0) is 18.8. The number of amides is 1. The van der Waals surface area contributed by atoms with Gasteiger partial charge < -0.3 is 18.9 Å². The van der Waals surface area contributed by atoms with Crippen LogP contribution < -0.4 is 0 Å². The highest BCUT2D eigenvalue weighted by Crippen LogP contribution is 2.39. The van der Waals surface area contributed by atoms with Crippen LogP contribution in [0.4, 0.5) is 4.79 Å². The smallest absolute Gasteiger partial charge is 0.445 e. The molecule has 26 heavy (non-hydrogen) atoms. The van der Waals surface area contributed by atoms with E-state index in [-0.39, 0.29) is 24.4 Å². The Balaban J connectivity index is 1.49. The maximum absolute atomic E-state index is 12.4. The summed E-state index contributed by atoms with van der Waals surface area (Å²) in [6.07, 6.45) is 2.67. The zero-order valence-corrected chi connectivity index (χ0v) is 16.4. The van der Waals surface area contributed by atoms with Crippen molar-refractivity contribution in [1.29, 1.82) is 0 Å². The highest BCUT2D eigenvalue weighted by Gasteiger charge is 2.51. The average Bonchev–Trinajstić information content (AvgIpc) is 2.80. The van der Waals surface area contributed by atoms with E-state index in [9.17, 15) is 4.79 Å². The molecule has 0 bridgehead atoms. The third-order valence-corrected chi connectivity index (χ3v) is 5.81. The maximum atomic E-state index is 12.4. The van der Waals surface area contributed by atoms with Gasteiger partial charge in [-0.25, -0.2) is 4.79 Å². The largest absolute Gasteiger partial charge is 0.458 e. The SMILES string of the molecule is CC1(C)OB(CC2CCCN(C(=O)OCc3ccccc3)C2)OC1(C)C. The van der Waals surface area contributed by atoms with Crippen LogP contribution in [-0.4, -0.2) is 42.4 Å². The molecule has 142 valence electrons. The number of likely N-dealkylation sites (tertiary alicyclic amines) is 1. The fourth-order valence-electron chi connectivity index (χ4n) is 3.57. The van der Waals surface area contributed by atoms with Crippen molar-refractivity contribution in [1.82, 2.24) is 4.90 Å². The molecule has 1 aromatic rings. The predicted octanol–water partition coefficient (Wildman–Crippen LogP) is 4.13. The zero-order valence-electron chi connectivity index (χ0n) is 16.4. The number of hydrogen-bond acceptors (Lipinski definition) is 4. The summed E-state index contributed by atoms with van der Waals surface area (Å²) in [7, 11) is -0.203. The molecule has 1 atom stereocenters. The van der Waals surface area contributed by atoms with Crippen molar-refractivity contribution < 1.29 is 18.8 Å². The Labute approximate surface area is 157 Å². The lowest BCUT2D eigenvalue weighted by molar-refractivity contribution is 0.00578. The second-order valence-corrected chi connectivity index (χ2v) is 8.42. The van der Waals surface area contributed by atoms with Gasteiger partial charge in [0.05, 0.1) is 11.2 Å². The molecule has 0 aliphatic carbocycles. The van der Waals surface area contributed by atoms with Crippen molar-refractivity contribution in [2.75, 3.05) is 13.1 Å². The molecule has 2 saturated heterocycles.